The highest BCUT2D eigenvalue weighted by Crippen LogP contribution is 2.19. The predicted octanol–water partition coefficient (Wildman–Crippen LogP) is 2.31. The minimum atomic E-state index is -0.211. The molecule has 0 radical (unpaired) electrons. The fourth-order valence-electron chi connectivity index (χ4n) is 2.68. The monoisotopic (exact) mass is 363 g/mol. The third-order valence-electron chi connectivity index (χ3n) is 4.03. The molecule has 0 amide bonds. The topological polar surface area (TPSA) is 86.8 Å². The van der Waals surface area contributed by atoms with Crippen LogP contribution in [-0.2, 0) is 6.54 Å². The van der Waals surface area contributed by atoms with Crippen molar-refractivity contribution in [2.45, 2.75) is 32.4 Å². The number of hydrogen-bond donors (Lipinski definition) is 2. The first-order valence-corrected chi connectivity index (χ1v) is 8.83. The number of likely N-dealkylation sites (tertiary alicyclic amines) is 1. The molecule has 2 aromatic rings. The lowest BCUT2D eigenvalue weighted by atomic mass is 10.1. The van der Waals surface area contributed by atoms with Crippen LogP contribution in [0.25, 0.3) is 11.4 Å². The van der Waals surface area contributed by atoms with E-state index >= 15 is 0 Å². The summed E-state index contributed by atoms with van der Waals surface area (Å²) in [5, 5.41) is 17.6. The van der Waals surface area contributed by atoms with Gasteiger partial charge in [0.25, 0.3) is 0 Å². The number of guanidine groups is 1. The lowest BCUT2D eigenvalue weighted by Crippen LogP contribution is -2.46. The van der Waals surface area contributed by atoms with Gasteiger partial charge in [-0.05, 0) is 44.0 Å². The molecule has 1 aliphatic heterocycles. The van der Waals surface area contributed by atoms with Crippen LogP contribution in [0.3, 0.4) is 0 Å². The van der Waals surface area contributed by atoms with Crippen LogP contribution in [0.5, 0.6) is 0 Å². The summed E-state index contributed by atoms with van der Waals surface area (Å²) in [5.41, 5.74) is 0.848. The van der Waals surface area contributed by atoms with Crippen molar-refractivity contribution in [2.75, 3.05) is 19.6 Å². The Morgan fingerprint density at radius 1 is 1.36 bits per heavy atom. The van der Waals surface area contributed by atoms with Gasteiger partial charge in [-0.2, -0.15) is 4.98 Å². The van der Waals surface area contributed by atoms with Crippen LogP contribution in [0, 0.1) is 0 Å². The first kappa shape index (κ1) is 17.7. The average molecular weight is 364 g/mol. The maximum Gasteiger partial charge on any atom is 0.248 e. The van der Waals surface area contributed by atoms with Gasteiger partial charge in [-0.25, -0.2) is 4.99 Å². The first-order chi connectivity index (χ1) is 12.2. The van der Waals surface area contributed by atoms with Crippen molar-refractivity contribution in [3.63, 3.8) is 0 Å². The molecule has 0 bridgehead atoms. The molecule has 1 aliphatic rings. The summed E-state index contributed by atoms with van der Waals surface area (Å²) in [4.78, 5) is 11.1. The Labute approximate surface area is 151 Å². The molecule has 1 fully saturated rings. The van der Waals surface area contributed by atoms with Gasteiger partial charge in [-0.15, -0.1) is 0 Å². The summed E-state index contributed by atoms with van der Waals surface area (Å²) in [5.74, 6) is 1.78. The molecule has 1 aromatic carbocycles. The van der Waals surface area contributed by atoms with E-state index in [9.17, 15) is 5.11 Å². The highest BCUT2D eigenvalue weighted by molar-refractivity contribution is 6.30. The van der Waals surface area contributed by atoms with Crippen molar-refractivity contribution in [1.29, 1.82) is 0 Å². The second-order valence-electron chi connectivity index (χ2n) is 5.91. The van der Waals surface area contributed by atoms with Crippen molar-refractivity contribution in [3.8, 4) is 11.4 Å². The van der Waals surface area contributed by atoms with Crippen molar-refractivity contribution in [2.24, 2.45) is 4.99 Å². The Hall–Kier alpha value is -2.12. The van der Waals surface area contributed by atoms with E-state index in [1.54, 1.807) is 12.1 Å². The zero-order chi connectivity index (χ0) is 17.6. The fourth-order valence-corrected chi connectivity index (χ4v) is 2.81. The van der Waals surface area contributed by atoms with Crippen LogP contribution in [0.1, 0.15) is 25.7 Å². The number of benzene rings is 1. The lowest BCUT2D eigenvalue weighted by Gasteiger charge is -2.32. The number of rotatable bonds is 4. The highest BCUT2D eigenvalue weighted by Gasteiger charge is 2.19. The number of halogens is 1. The minimum absolute atomic E-state index is 0.211. The van der Waals surface area contributed by atoms with Gasteiger partial charge in [0.15, 0.2) is 5.96 Å². The maximum absolute atomic E-state index is 9.65. The van der Waals surface area contributed by atoms with Gasteiger partial charge in [0.2, 0.25) is 11.7 Å². The fraction of sp³-hybridized carbons (Fsp3) is 0.471. The standard InChI is InChI=1S/C17H22ClN5O2/c1-2-19-17(23-9-7-14(24)8-10-23)20-11-15-21-16(22-25-15)12-3-5-13(18)6-4-12/h3-6,14,24H,2,7-11H2,1H3,(H,19,20). The van der Waals surface area contributed by atoms with Gasteiger partial charge in [0, 0.05) is 30.2 Å². The van der Waals surface area contributed by atoms with Crippen molar-refractivity contribution >= 4 is 17.6 Å². The molecule has 3 rings (SSSR count). The maximum atomic E-state index is 9.65. The van der Waals surface area contributed by atoms with Gasteiger partial charge >= 0.3 is 0 Å². The molecule has 2 N–H and O–H groups in total. The molecule has 25 heavy (non-hydrogen) atoms. The van der Waals surface area contributed by atoms with E-state index in [-0.39, 0.29) is 6.10 Å². The molecule has 134 valence electrons. The third kappa shape index (κ3) is 4.70. The number of nitrogens with one attached hydrogen (secondary N) is 1. The molecule has 0 atom stereocenters. The quantitative estimate of drug-likeness (QED) is 0.640. The molecule has 2 heterocycles. The van der Waals surface area contributed by atoms with Crippen molar-refractivity contribution < 1.29 is 9.63 Å². The van der Waals surface area contributed by atoms with Crippen LogP contribution in [0.15, 0.2) is 33.8 Å². The molecular formula is C17H22ClN5O2. The van der Waals surface area contributed by atoms with E-state index in [4.69, 9.17) is 16.1 Å². The number of aliphatic hydroxyl groups excluding tert-OH is 1. The number of hydrogen-bond acceptors (Lipinski definition) is 5. The lowest BCUT2D eigenvalue weighted by molar-refractivity contribution is 0.108. The molecule has 0 spiro atoms. The zero-order valence-corrected chi connectivity index (χ0v) is 14.9. The zero-order valence-electron chi connectivity index (χ0n) is 14.2. The second kappa shape index (κ2) is 8.31. The Bertz CT molecular complexity index is 708. The van der Waals surface area contributed by atoms with E-state index in [1.165, 1.54) is 0 Å². The van der Waals surface area contributed by atoms with E-state index in [1.807, 2.05) is 19.1 Å². The number of piperidine rings is 1. The minimum Gasteiger partial charge on any atom is -0.393 e. The van der Waals surface area contributed by atoms with Gasteiger partial charge in [-0.1, -0.05) is 16.8 Å². The molecule has 0 unspecified atom stereocenters. The molecule has 1 aromatic heterocycles. The van der Waals surface area contributed by atoms with Crippen LogP contribution in [0.2, 0.25) is 5.02 Å². The van der Waals surface area contributed by atoms with E-state index in [0.29, 0.717) is 23.3 Å². The van der Waals surface area contributed by atoms with E-state index in [2.05, 4.69) is 25.3 Å². The van der Waals surface area contributed by atoms with Gasteiger partial charge in [0.05, 0.1) is 6.10 Å². The average Bonchev–Trinajstić information content (AvgIpc) is 3.09. The van der Waals surface area contributed by atoms with Crippen LogP contribution in [0.4, 0.5) is 0 Å². The summed E-state index contributed by atoms with van der Waals surface area (Å²) in [6, 6.07) is 7.28. The second-order valence-corrected chi connectivity index (χ2v) is 6.34. The van der Waals surface area contributed by atoms with Gasteiger partial charge in [0.1, 0.15) is 6.54 Å². The smallest absolute Gasteiger partial charge is 0.248 e. The Morgan fingerprint density at radius 3 is 2.76 bits per heavy atom. The molecular weight excluding hydrogens is 342 g/mol. The van der Waals surface area contributed by atoms with Gasteiger partial charge < -0.3 is 19.8 Å². The number of aliphatic imine (C=N–C) groups is 1. The van der Waals surface area contributed by atoms with Gasteiger partial charge in [-0.3, -0.25) is 0 Å². The van der Waals surface area contributed by atoms with Crippen molar-refractivity contribution in [3.05, 3.63) is 35.2 Å². The Kier molecular flexibility index (Phi) is 5.88. The van der Waals surface area contributed by atoms with Crippen LogP contribution < -0.4 is 5.32 Å². The first-order valence-electron chi connectivity index (χ1n) is 8.45. The Morgan fingerprint density at radius 2 is 2.08 bits per heavy atom. The molecule has 0 saturated carbocycles. The third-order valence-corrected chi connectivity index (χ3v) is 4.29. The highest BCUT2D eigenvalue weighted by atomic mass is 35.5. The summed E-state index contributed by atoms with van der Waals surface area (Å²) >= 11 is 5.89. The summed E-state index contributed by atoms with van der Waals surface area (Å²) in [7, 11) is 0. The molecule has 1 saturated heterocycles. The normalized spacial score (nSPS) is 16.3. The Balaban J connectivity index is 1.67. The molecule has 8 heteroatoms. The van der Waals surface area contributed by atoms with Crippen LogP contribution >= 0.6 is 11.6 Å². The van der Waals surface area contributed by atoms with E-state index in [0.717, 1.165) is 44.0 Å². The van der Waals surface area contributed by atoms with E-state index < -0.39 is 0 Å². The number of nitrogens with zero attached hydrogens (tertiary/aromatic N) is 4. The number of aromatic nitrogens is 2. The van der Waals surface area contributed by atoms with Crippen LogP contribution in [-0.4, -0.2) is 51.8 Å². The number of aliphatic hydroxyl groups is 1. The predicted molar refractivity (Wildman–Crippen MR) is 96.4 cm³/mol. The summed E-state index contributed by atoms with van der Waals surface area (Å²) < 4.78 is 5.29. The summed E-state index contributed by atoms with van der Waals surface area (Å²) in [6.07, 6.45) is 1.30. The largest absolute Gasteiger partial charge is 0.393 e. The SMILES string of the molecule is CCNC(=NCc1nc(-c2ccc(Cl)cc2)no1)N1CCC(O)CC1. The molecule has 0 aliphatic carbocycles. The summed E-state index contributed by atoms with van der Waals surface area (Å²) in [6.45, 7) is 4.68. The molecule has 7 nitrogen and oxygen atoms in total. The van der Waals surface area contributed by atoms with Crippen molar-refractivity contribution in [1.82, 2.24) is 20.4 Å².